The molecule has 0 aliphatic carbocycles. The molecule has 7 heteroatoms. The van der Waals surface area contributed by atoms with E-state index < -0.39 is 7.25 Å². The minimum Gasteiger partial charge on any atom is -0.418 e. The maximum Gasteiger partial charge on any atom is 0.673 e. The second-order valence-corrected chi connectivity index (χ2v) is 2.50. The average Bonchev–Trinajstić information content (AvgIpc) is 2.32. The van der Waals surface area contributed by atoms with Crippen LogP contribution < -0.4 is 4.57 Å². The lowest BCUT2D eigenvalue weighted by Gasteiger charge is -1.94. The molecule has 14 heavy (non-hydrogen) atoms. The zero-order valence-electron chi connectivity index (χ0n) is 7.87. The summed E-state index contributed by atoms with van der Waals surface area (Å²) < 4.78 is 43.0. The van der Waals surface area contributed by atoms with Crippen LogP contribution in [0.5, 0.6) is 0 Å². The lowest BCUT2D eigenvalue weighted by atomic mass is 10.3. The topological polar surface area (TPSA) is 8.81 Å². The van der Waals surface area contributed by atoms with Crippen LogP contribution in [0.4, 0.5) is 17.3 Å². The van der Waals surface area contributed by atoms with Gasteiger partial charge in [-0.15, -0.1) is 0 Å². The van der Waals surface area contributed by atoms with Gasteiger partial charge in [0.2, 0.25) is 6.33 Å². The Morgan fingerprint density at radius 3 is 2.07 bits per heavy atom. The summed E-state index contributed by atoms with van der Waals surface area (Å²) >= 11 is 0. The van der Waals surface area contributed by atoms with Gasteiger partial charge in [-0.3, -0.25) is 0 Å². The van der Waals surface area contributed by atoms with Crippen molar-refractivity contribution in [2.24, 2.45) is 7.05 Å². The molecule has 0 fully saturated rings. The zero-order valence-corrected chi connectivity index (χ0v) is 7.87. The molecule has 0 aliphatic heterocycles. The van der Waals surface area contributed by atoms with Gasteiger partial charge in [-0.25, -0.2) is 9.13 Å². The second-order valence-electron chi connectivity index (χ2n) is 2.50. The number of imidazole rings is 1. The van der Waals surface area contributed by atoms with Gasteiger partial charge >= 0.3 is 7.25 Å². The highest BCUT2D eigenvalue weighted by Gasteiger charge is 2.20. The van der Waals surface area contributed by atoms with Crippen molar-refractivity contribution in [3.63, 3.8) is 0 Å². The van der Waals surface area contributed by atoms with E-state index in [4.69, 9.17) is 0 Å². The highest BCUT2D eigenvalue weighted by atomic mass is 19.5. The van der Waals surface area contributed by atoms with Gasteiger partial charge < -0.3 is 17.3 Å². The first-order valence-electron chi connectivity index (χ1n) is 3.86. The number of hydrogen-bond donors (Lipinski definition) is 0. The molecule has 1 heterocycles. The molecule has 2 nitrogen and oxygen atoms in total. The summed E-state index contributed by atoms with van der Waals surface area (Å²) in [6.45, 7) is 2.00. The fourth-order valence-corrected chi connectivity index (χ4v) is 0.730. The van der Waals surface area contributed by atoms with Crippen molar-refractivity contribution in [2.75, 3.05) is 0 Å². The van der Waals surface area contributed by atoms with Gasteiger partial charge in [-0.2, -0.15) is 0 Å². The Bertz CT molecular complexity index is 286. The molecule has 0 aliphatic rings. The third-order valence-corrected chi connectivity index (χ3v) is 1.11. The SMILES string of the molecule is CC=Cn1cc[n+](C)c1.F[B-](F)(F)F. The van der Waals surface area contributed by atoms with Gasteiger partial charge in [0.05, 0.1) is 13.2 Å². The van der Waals surface area contributed by atoms with Crippen LogP contribution in [0.3, 0.4) is 0 Å². The minimum absolute atomic E-state index is 2.00. The highest BCUT2D eigenvalue weighted by Crippen LogP contribution is 2.06. The van der Waals surface area contributed by atoms with Gasteiger partial charge in [0.1, 0.15) is 12.4 Å². The fraction of sp³-hybridized carbons (Fsp3) is 0.286. The van der Waals surface area contributed by atoms with Crippen molar-refractivity contribution >= 4 is 13.5 Å². The minimum atomic E-state index is -6.00. The zero-order chi connectivity index (χ0) is 11.2. The summed E-state index contributed by atoms with van der Waals surface area (Å²) in [6.07, 6.45) is 10.0. The van der Waals surface area contributed by atoms with E-state index in [2.05, 4.69) is 0 Å². The molecule has 1 aromatic heterocycles. The Hall–Kier alpha value is -1.27. The number of rotatable bonds is 1. The lowest BCUT2D eigenvalue weighted by molar-refractivity contribution is -0.670. The molecule has 0 spiro atoms. The summed E-state index contributed by atoms with van der Waals surface area (Å²) in [5, 5.41) is 0. The first-order valence-corrected chi connectivity index (χ1v) is 3.86. The van der Waals surface area contributed by atoms with Crippen LogP contribution in [-0.2, 0) is 7.05 Å². The number of aryl methyl sites for hydroxylation is 1. The molecule has 0 unspecified atom stereocenters. The summed E-state index contributed by atoms with van der Waals surface area (Å²) in [5.41, 5.74) is 0. The van der Waals surface area contributed by atoms with Crippen LogP contribution in [0.2, 0.25) is 0 Å². The Labute approximate surface area is 79.6 Å². The van der Waals surface area contributed by atoms with Crippen LogP contribution in [0, 0.1) is 0 Å². The van der Waals surface area contributed by atoms with E-state index in [1.807, 2.05) is 54.1 Å². The summed E-state index contributed by atoms with van der Waals surface area (Å²) in [4.78, 5) is 0. The van der Waals surface area contributed by atoms with Gasteiger partial charge in [0.25, 0.3) is 0 Å². The molecule has 1 aromatic rings. The van der Waals surface area contributed by atoms with E-state index in [0.717, 1.165) is 0 Å². The summed E-state index contributed by atoms with van der Waals surface area (Å²) in [7, 11) is -4.00. The molecule has 1 rings (SSSR count). The summed E-state index contributed by atoms with van der Waals surface area (Å²) in [5.74, 6) is 0. The quantitative estimate of drug-likeness (QED) is 0.381. The second kappa shape index (κ2) is 5.46. The molecular weight excluding hydrogens is 199 g/mol. The molecule has 0 saturated heterocycles. The highest BCUT2D eigenvalue weighted by molar-refractivity contribution is 6.50. The van der Waals surface area contributed by atoms with Crippen molar-refractivity contribution in [1.82, 2.24) is 4.57 Å². The van der Waals surface area contributed by atoms with Crippen LogP contribution in [0.15, 0.2) is 24.8 Å². The van der Waals surface area contributed by atoms with Crippen molar-refractivity contribution in [3.8, 4) is 0 Å². The Morgan fingerprint density at radius 2 is 1.79 bits per heavy atom. The molecule has 0 radical (unpaired) electrons. The van der Waals surface area contributed by atoms with E-state index in [-0.39, 0.29) is 0 Å². The first kappa shape index (κ1) is 12.7. The van der Waals surface area contributed by atoms with Crippen LogP contribution in [0.1, 0.15) is 6.92 Å². The predicted octanol–water partition coefficient (Wildman–Crippen LogP) is 2.10. The van der Waals surface area contributed by atoms with E-state index in [0.29, 0.717) is 0 Å². The van der Waals surface area contributed by atoms with Crippen molar-refractivity contribution in [1.29, 1.82) is 0 Å². The van der Waals surface area contributed by atoms with Gasteiger partial charge in [0, 0.05) is 0 Å². The average molecular weight is 210 g/mol. The van der Waals surface area contributed by atoms with Gasteiger partial charge in [-0.1, -0.05) is 0 Å². The number of aromatic nitrogens is 2. The van der Waals surface area contributed by atoms with Gasteiger partial charge in [-0.05, 0) is 13.0 Å². The maximum absolute atomic E-state index is 9.75. The number of halogens is 4. The van der Waals surface area contributed by atoms with Crippen LogP contribution in [-0.4, -0.2) is 11.8 Å². The molecule has 0 aromatic carbocycles. The van der Waals surface area contributed by atoms with Crippen LogP contribution in [0.25, 0.3) is 6.20 Å². The number of nitrogens with zero attached hydrogens (tertiary/aromatic N) is 2. The standard InChI is InChI=1S/C7H11N2.BF4/c1-3-4-9-6-5-8(2)7-9;2-1(3,4)5/h3-7H,1-2H3;/q+1;-1. The van der Waals surface area contributed by atoms with Crippen molar-refractivity contribution in [3.05, 3.63) is 24.8 Å². The Kier molecular flexibility index (Phi) is 4.97. The monoisotopic (exact) mass is 210 g/mol. The molecule has 80 valence electrons. The van der Waals surface area contributed by atoms with Crippen molar-refractivity contribution < 1.29 is 21.8 Å². The molecule has 0 atom stereocenters. The normalized spacial score (nSPS) is 11.3. The molecular formula is C7H11BF4N2. The van der Waals surface area contributed by atoms with E-state index in [1.54, 1.807) is 0 Å². The predicted molar refractivity (Wildman–Crippen MR) is 46.8 cm³/mol. The number of allylic oxidation sites excluding steroid dienone is 1. The van der Waals surface area contributed by atoms with E-state index in [9.17, 15) is 17.3 Å². The smallest absolute Gasteiger partial charge is 0.418 e. The fourth-order valence-electron chi connectivity index (χ4n) is 0.730. The van der Waals surface area contributed by atoms with E-state index >= 15 is 0 Å². The number of hydrogen-bond acceptors (Lipinski definition) is 0. The van der Waals surface area contributed by atoms with E-state index in [1.165, 1.54) is 0 Å². The largest absolute Gasteiger partial charge is 0.673 e. The molecule has 0 bridgehead atoms. The third kappa shape index (κ3) is 8.83. The lowest BCUT2D eigenvalue weighted by Crippen LogP contribution is -2.23. The molecule has 0 amide bonds. The maximum atomic E-state index is 9.75. The van der Waals surface area contributed by atoms with Crippen LogP contribution >= 0.6 is 0 Å². The van der Waals surface area contributed by atoms with Crippen molar-refractivity contribution in [2.45, 2.75) is 6.92 Å². The van der Waals surface area contributed by atoms with Gasteiger partial charge in [0.15, 0.2) is 0 Å². The Balaban J connectivity index is 0.000000292. The molecule has 0 saturated carbocycles. The Morgan fingerprint density at radius 1 is 1.29 bits per heavy atom. The summed E-state index contributed by atoms with van der Waals surface area (Å²) in [6, 6.07) is 0. The third-order valence-electron chi connectivity index (χ3n) is 1.11. The molecule has 0 N–H and O–H groups in total. The first-order chi connectivity index (χ1) is 6.33.